The summed E-state index contributed by atoms with van der Waals surface area (Å²) in [5, 5.41) is 0.588. The smallest absolute Gasteiger partial charge is 0.0812 e. The van der Waals surface area contributed by atoms with Gasteiger partial charge in [0.2, 0.25) is 0 Å². The fourth-order valence-corrected chi connectivity index (χ4v) is 2.73. The Morgan fingerprint density at radius 1 is 1.20 bits per heavy atom. The second-order valence-electron chi connectivity index (χ2n) is 4.71. The molecular weight excluding hydrogens is 293 g/mol. The first-order chi connectivity index (χ1) is 9.43. The summed E-state index contributed by atoms with van der Waals surface area (Å²) in [4.78, 5) is 0.568. The lowest BCUT2D eigenvalue weighted by Crippen LogP contribution is -1.99. The van der Waals surface area contributed by atoms with Gasteiger partial charge in [0.15, 0.2) is 0 Å². The van der Waals surface area contributed by atoms with Gasteiger partial charge in [-0.1, -0.05) is 24.2 Å². The van der Waals surface area contributed by atoms with Crippen LogP contribution in [0.15, 0.2) is 41.8 Å². The van der Waals surface area contributed by atoms with Gasteiger partial charge in [0.05, 0.1) is 12.1 Å². The van der Waals surface area contributed by atoms with Crippen LogP contribution in [-0.2, 0) is 0 Å². The summed E-state index contributed by atoms with van der Waals surface area (Å²) in [5.41, 5.74) is 11.1. The van der Waals surface area contributed by atoms with E-state index in [-0.39, 0.29) is 12.1 Å². The average molecular weight is 308 g/mol. The molecule has 0 atom stereocenters. The molecule has 2 N–H and O–H groups in total. The number of halogens is 2. The molecular formula is C16H15ClFNS. The van der Waals surface area contributed by atoms with E-state index in [4.69, 9.17) is 17.3 Å². The second kappa shape index (κ2) is 5.90. The molecule has 104 valence electrons. The lowest BCUT2D eigenvalue weighted by atomic mass is 9.93. The normalized spacial score (nSPS) is 10.6. The number of benzene rings is 2. The molecule has 0 aromatic heterocycles. The van der Waals surface area contributed by atoms with Crippen LogP contribution in [0.4, 0.5) is 3.89 Å². The number of rotatable bonds is 3. The molecule has 0 aliphatic rings. The van der Waals surface area contributed by atoms with E-state index in [0.29, 0.717) is 15.6 Å². The molecule has 2 rings (SSSR count). The molecule has 0 saturated carbocycles. The topological polar surface area (TPSA) is 26.0 Å². The van der Waals surface area contributed by atoms with E-state index in [1.807, 2.05) is 32.0 Å². The molecule has 2 aromatic carbocycles. The molecule has 0 radical (unpaired) electrons. The predicted octanol–water partition coefficient (Wildman–Crippen LogP) is 5.53. The third kappa shape index (κ3) is 2.84. The lowest BCUT2D eigenvalue weighted by Gasteiger charge is -2.15. The SMILES string of the molecule is C=C(N)c1cc(Cl)cc(-c2cc(SF)ccc2C)c1C. The van der Waals surface area contributed by atoms with Gasteiger partial charge in [0, 0.05) is 21.2 Å². The molecule has 4 heteroatoms. The van der Waals surface area contributed by atoms with Crippen molar-refractivity contribution < 1.29 is 3.89 Å². The highest BCUT2D eigenvalue weighted by atomic mass is 35.5. The van der Waals surface area contributed by atoms with Crippen LogP contribution < -0.4 is 5.73 Å². The second-order valence-corrected chi connectivity index (χ2v) is 5.77. The molecule has 0 aliphatic heterocycles. The quantitative estimate of drug-likeness (QED) is 0.806. The molecule has 0 bridgehead atoms. The van der Waals surface area contributed by atoms with Crippen LogP contribution in [0.25, 0.3) is 16.8 Å². The molecule has 0 fully saturated rings. The third-order valence-corrected chi connectivity index (χ3v) is 3.96. The monoisotopic (exact) mass is 307 g/mol. The van der Waals surface area contributed by atoms with Crippen LogP contribution in [0.1, 0.15) is 16.7 Å². The van der Waals surface area contributed by atoms with Crippen LogP contribution in [-0.4, -0.2) is 0 Å². The third-order valence-electron chi connectivity index (χ3n) is 3.31. The van der Waals surface area contributed by atoms with Crippen molar-refractivity contribution in [1.29, 1.82) is 0 Å². The molecule has 2 aromatic rings. The van der Waals surface area contributed by atoms with Crippen LogP contribution in [0.2, 0.25) is 5.02 Å². The van der Waals surface area contributed by atoms with Gasteiger partial charge in [-0.3, -0.25) is 0 Å². The van der Waals surface area contributed by atoms with Gasteiger partial charge in [-0.25, -0.2) is 0 Å². The van der Waals surface area contributed by atoms with Gasteiger partial charge < -0.3 is 5.73 Å². The molecule has 0 spiro atoms. The maximum absolute atomic E-state index is 12.8. The molecule has 20 heavy (non-hydrogen) atoms. The van der Waals surface area contributed by atoms with Gasteiger partial charge in [-0.15, -0.1) is 0 Å². The van der Waals surface area contributed by atoms with Crippen molar-refractivity contribution in [3.63, 3.8) is 0 Å². The fourth-order valence-electron chi connectivity index (χ4n) is 2.23. The van der Waals surface area contributed by atoms with Gasteiger partial charge >= 0.3 is 0 Å². The van der Waals surface area contributed by atoms with Crippen molar-refractivity contribution >= 4 is 29.4 Å². The Kier molecular flexibility index (Phi) is 4.41. The van der Waals surface area contributed by atoms with E-state index >= 15 is 0 Å². The highest BCUT2D eigenvalue weighted by Gasteiger charge is 2.12. The highest BCUT2D eigenvalue weighted by molar-refractivity contribution is 7.94. The Balaban J connectivity index is 2.72. The zero-order chi connectivity index (χ0) is 14.9. The van der Waals surface area contributed by atoms with E-state index in [2.05, 4.69) is 6.58 Å². The molecule has 0 saturated heterocycles. The van der Waals surface area contributed by atoms with E-state index in [1.165, 1.54) is 0 Å². The molecule has 0 amide bonds. The Hall–Kier alpha value is -1.45. The summed E-state index contributed by atoms with van der Waals surface area (Å²) in [6, 6.07) is 9.15. The van der Waals surface area contributed by atoms with Crippen molar-refractivity contribution in [2.24, 2.45) is 5.73 Å². The van der Waals surface area contributed by atoms with Crippen molar-refractivity contribution in [2.45, 2.75) is 18.7 Å². The molecule has 0 aliphatic carbocycles. The van der Waals surface area contributed by atoms with E-state index in [1.54, 1.807) is 12.1 Å². The molecule has 0 heterocycles. The first-order valence-electron chi connectivity index (χ1n) is 6.08. The predicted molar refractivity (Wildman–Crippen MR) is 86.5 cm³/mol. The lowest BCUT2D eigenvalue weighted by molar-refractivity contribution is 0.934. The number of hydrogen-bond donors (Lipinski definition) is 1. The van der Waals surface area contributed by atoms with Crippen LogP contribution in [0, 0.1) is 13.8 Å². The largest absolute Gasteiger partial charge is 0.399 e. The Morgan fingerprint density at radius 2 is 1.90 bits per heavy atom. The zero-order valence-electron chi connectivity index (χ0n) is 11.3. The van der Waals surface area contributed by atoms with E-state index in [9.17, 15) is 3.89 Å². The van der Waals surface area contributed by atoms with Crippen molar-refractivity contribution in [1.82, 2.24) is 0 Å². The zero-order valence-corrected chi connectivity index (χ0v) is 12.9. The summed E-state index contributed by atoms with van der Waals surface area (Å²) in [6.45, 7) is 7.72. The molecule has 0 unspecified atom stereocenters. The summed E-state index contributed by atoms with van der Waals surface area (Å²) >= 11 is 6.40. The van der Waals surface area contributed by atoms with Crippen molar-refractivity contribution in [2.75, 3.05) is 0 Å². The van der Waals surface area contributed by atoms with Gasteiger partial charge in [0.1, 0.15) is 0 Å². The van der Waals surface area contributed by atoms with Crippen molar-refractivity contribution in [3.8, 4) is 11.1 Å². The van der Waals surface area contributed by atoms with E-state index in [0.717, 1.165) is 27.8 Å². The number of hydrogen-bond acceptors (Lipinski definition) is 2. The minimum atomic E-state index is 0.232. The minimum Gasteiger partial charge on any atom is -0.399 e. The van der Waals surface area contributed by atoms with Gasteiger partial charge in [-0.2, -0.15) is 3.89 Å². The summed E-state index contributed by atoms with van der Waals surface area (Å²) in [5.74, 6) is 0. The van der Waals surface area contributed by atoms with Gasteiger partial charge in [-0.05, 0) is 60.4 Å². The highest BCUT2D eigenvalue weighted by Crippen LogP contribution is 2.35. The maximum atomic E-state index is 12.8. The average Bonchev–Trinajstić information content (AvgIpc) is 2.41. The Bertz CT molecular complexity index is 682. The van der Waals surface area contributed by atoms with Crippen LogP contribution in [0.5, 0.6) is 0 Å². The molecule has 1 nitrogen and oxygen atoms in total. The fraction of sp³-hybridized carbons (Fsp3) is 0.125. The Morgan fingerprint density at radius 3 is 2.50 bits per heavy atom. The van der Waals surface area contributed by atoms with E-state index < -0.39 is 0 Å². The summed E-state index contributed by atoms with van der Waals surface area (Å²) in [7, 11) is 0. The van der Waals surface area contributed by atoms with Crippen LogP contribution >= 0.6 is 23.7 Å². The first kappa shape index (κ1) is 14.9. The Labute approximate surface area is 127 Å². The standard InChI is InChI=1S/C16H15ClFNS/c1-9-4-5-13(20-18)8-14(9)16-7-12(17)6-15(10(16)2)11(3)19/h4-8H,3,19H2,1-2H3. The first-order valence-corrected chi connectivity index (χ1v) is 7.18. The minimum absolute atomic E-state index is 0.232. The van der Waals surface area contributed by atoms with Crippen molar-refractivity contribution in [3.05, 3.63) is 58.6 Å². The van der Waals surface area contributed by atoms with Gasteiger partial charge in [0.25, 0.3) is 0 Å². The number of aryl methyl sites for hydroxylation is 1. The summed E-state index contributed by atoms with van der Waals surface area (Å²) in [6.07, 6.45) is 0. The maximum Gasteiger partial charge on any atom is 0.0812 e. The summed E-state index contributed by atoms with van der Waals surface area (Å²) < 4.78 is 12.8. The number of nitrogens with two attached hydrogens (primary N) is 1. The van der Waals surface area contributed by atoms with Crippen LogP contribution in [0.3, 0.4) is 0 Å².